The zero-order valence-corrected chi connectivity index (χ0v) is 20.9. The van der Waals surface area contributed by atoms with E-state index in [1.807, 2.05) is 0 Å². The topological polar surface area (TPSA) is 21.8 Å². The van der Waals surface area contributed by atoms with Crippen molar-refractivity contribution in [1.82, 2.24) is 0 Å². The Morgan fingerprint density at radius 2 is 1.41 bits per heavy atom. The molecule has 3 rings (SSSR count). The maximum atomic E-state index is 6.98. The molecule has 2 atom stereocenters. The number of hydrogen-bond donors (Lipinski definition) is 0. The molecule has 0 aromatic heterocycles. The Balaban J connectivity index is 1.94. The maximum Gasteiger partial charge on any atom is 0.261 e. The molecule has 154 valence electrons. The van der Waals surface area contributed by atoms with Gasteiger partial charge in [0.1, 0.15) is 14.2 Å². The van der Waals surface area contributed by atoms with Gasteiger partial charge in [-0.1, -0.05) is 107 Å². The monoisotopic (exact) mass is 422 g/mol. The SMILES string of the molecule is CC(C)(C)[Si](OC[C@H]1O[C@@]1(C)C#C[Si](C)(C)C)(c1ccccc1)c1ccccc1. The molecule has 0 saturated carbocycles. The lowest BCUT2D eigenvalue weighted by Crippen LogP contribution is -2.67. The van der Waals surface area contributed by atoms with Crippen LogP contribution in [0.25, 0.3) is 0 Å². The number of benzene rings is 2. The van der Waals surface area contributed by atoms with Crippen LogP contribution >= 0.6 is 0 Å². The van der Waals surface area contributed by atoms with E-state index >= 15 is 0 Å². The maximum absolute atomic E-state index is 6.98. The summed E-state index contributed by atoms with van der Waals surface area (Å²) >= 11 is 0. The van der Waals surface area contributed by atoms with Gasteiger partial charge in [0.05, 0.1) is 6.61 Å². The average molecular weight is 423 g/mol. The molecular formula is C25H34O2Si2. The smallest absolute Gasteiger partial charge is 0.261 e. The number of hydrogen-bond acceptors (Lipinski definition) is 2. The second-order valence-electron chi connectivity index (χ2n) is 10.2. The molecule has 1 aliphatic rings. The minimum atomic E-state index is -2.51. The molecular weight excluding hydrogens is 388 g/mol. The Morgan fingerprint density at radius 3 is 1.83 bits per heavy atom. The lowest BCUT2D eigenvalue weighted by Gasteiger charge is -2.43. The molecule has 1 aliphatic heterocycles. The van der Waals surface area contributed by atoms with E-state index in [4.69, 9.17) is 9.16 Å². The fourth-order valence-corrected chi connectivity index (χ4v) is 9.02. The van der Waals surface area contributed by atoms with Gasteiger partial charge in [-0.25, -0.2) is 0 Å². The Morgan fingerprint density at radius 1 is 0.931 bits per heavy atom. The Bertz CT molecular complexity index is 846. The summed E-state index contributed by atoms with van der Waals surface area (Å²) in [5, 5.41) is 2.58. The molecule has 0 unspecified atom stereocenters. The van der Waals surface area contributed by atoms with Crippen molar-refractivity contribution in [3.05, 3.63) is 60.7 Å². The summed E-state index contributed by atoms with van der Waals surface area (Å²) in [4.78, 5) is 0. The highest BCUT2D eigenvalue weighted by molar-refractivity contribution is 6.99. The van der Waals surface area contributed by atoms with E-state index in [1.165, 1.54) is 10.4 Å². The normalized spacial score (nSPS) is 22.0. The molecule has 1 heterocycles. The molecule has 4 heteroatoms. The van der Waals surface area contributed by atoms with Gasteiger partial charge in [-0.2, -0.15) is 0 Å². The van der Waals surface area contributed by atoms with Crippen LogP contribution in [0.5, 0.6) is 0 Å². The molecule has 2 aromatic carbocycles. The predicted molar refractivity (Wildman–Crippen MR) is 128 cm³/mol. The van der Waals surface area contributed by atoms with E-state index < -0.39 is 16.4 Å². The lowest BCUT2D eigenvalue weighted by atomic mass is 10.1. The van der Waals surface area contributed by atoms with Crippen LogP contribution in [0.4, 0.5) is 0 Å². The van der Waals surface area contributed by atoms with Crippen LogP contribution in [0.1, 0.15) is 27.7 Å². The largest absolute Gasteiger partial charge is 0.405 e. The summed E-state index contributed by atoms with van der Waals surface area (Å²) in [7, 11) is -3.94. The summed E-state index contributed by atoms with van der Waals surface area (Å²) in [6, 6.07) is 21.5. The Hall–Kier alpha value is -1.65. The molecule has 2 aromatic rings. The van der Waals surface area contributed by atoms with Crippen LogP contribution < -0.4 is 10.4 Å². The fraction of sp³-hybridized carbons (Fsp3) is 0.440. The highest BCUT2D eigenvalue weighted by Crippen LogP contribution is 2.40. The van der Waals surface area contributed by atoms with Crippen LogP contribution in [0, 0.1) is 11.5 Å². The third-order valence-corrected chi connectivity index (χ3v) is 11.4. The van der Waals surface area contributed by atoms with Crippen LogP contribution in [0.3, 0.4) is 0 Å². The van der Waals surface area contributed by atoms with Crippen molar-refractivity contribution >= 4 is 26.8 Å². The van der Waals surface area contributed by atoms with Crippen LogP contribution in [0.2, 0.25) is 24.7 Å². The summed E-state index contributed by atoms with van der Waals surface area (Å²) in [5.41, 5.74) is 3.10. The van der Waals surface area contributed by atoms with Crippen molar-refractivity contribution in [2.24, 2.45) is 0 Å². The first-order valence-electron chi connectivity index (χ1n) is 10.5. The summed E-state index contributed by atoms with van der Waals surface area (Å²) in [6.45, 7) is 16.4. The molecule has 0 aliphatic carbocycles. The first-order valence-corrected chi connectivity index (χ1v) is 15.9. The Labute approximate surface area is 178 Å². The lowest BCUT2D eigenvalue weighted by molar-refractivity contribution is 0.246. The molecule has 29 heavy (non-hydrogen) atoms. The molecule has 1 fully saturated rings. The molecule has 1 saturated heterocycles. The Kier molecular flexibility index (Phi) is 5.99. The van der Waals surface area contributed by atoms with E-state index in [1.54, 1.807) is 0 Å². The number of ether oxygens (including phenoxy) is 1. The van der Waals surface area contributed by atoms with E-state index in [9.17, 15) is 0 Å². The van der Waals surface area contributed by atoms with Crippen molar-refractivity contribution in [1.29, 1.82) is 0 Å². The van der Waals surface area contributed by atoms with Gasteiger partial charge < -0.3 is 9.16 Å². The average Bonchev–Trinajstić information content (AvgIpc) is 3.31. The van der Waals surface area contributed by atoms with Crippen LogP contribution in [-0.4, -0.2) is 34.7 Å². The summed E-state index contributed by atoms with van der Waals surface area (Å²) in [5.74, 6) is 3.40. The zero-order chi connectivity index (χ0) is 21.3. The highest BCUT2D eigenvalue weighted by Gasteiger charge is 2.55. The molecule has 0 bridgehead atoms. The standard InChI is InChI=1S/C25H34O2Si2/c1-24(2,3)29(21-14-10-8-11-15-21,22-16-12-9-13-17-22)26-20-23-25(4,27-23)18-19-28(5,6)7/h8-17,23H,20H2,1-7H3/t23-,25+/m1/s1. The van der Waals surface area contributed by atoms with Crippen molar-refractivity contribution in [2.75, 3.05) is 6.61 Å². The van der Waals surface area contributed by atoms with Crippen LogP contribution in [-0.2, 0) is 9.16 Å². The zero-order valence-electron chi connectivity index (χ0n) is 18.9. The van der Waals surface area contributed by atoms with Gasteiger partial charge >= 0.3 is 0 Å². The molecule has 0 amide bonds. The van der Waals surface area contributed by atoms with Gasteiger partial charge in [0.15, 0.2) is 5.60 Å². The quantitative estimate of drug-likeness (QED) is 0.399. The second kappa shape index (κ2) is 7.88. The first kappa shape index (κ1) is 22.0. The van der Waals surface area contributed by atoms with E-state index in [2.05, 4.69) is 119 Å². The molecule has 0 N–H and O–H groups in total. The third-order valence-electron chi connectivity index (χ3n) is 5.50. The van der Waals surface area contributed by atoms with Crippen molar-refractivity contribution in [3.63, 3.8) is 0 Å². The molecule has 2 nitrogen and oxygen atoms in total. The van der Waals surface area contributed by atoms with Crippen molar-refractivity contribution < 1.29 is 9.16 Å². The third kappa shape index (κ3) is 4.75. The summed E-state index contributed by atoms with van der Waals surface area (Å²) in [6.07, 6.45) is 0.0352. The molecule has 0 spiro atoms. The van der Waals surface area contributed by atoms with Crippen molar-refractivity contribution in [2.45, 2.75) is 64.1 Å². The number of rotatable bonds is 5. The summed E-state index contributed by atoms with van der Waals surface area (Å²) < 4.78 is 13.0. The van der Waals surface area contributed by atoms with Gasteiger partial charge in [-0.05, 0) is 22.3 Å². The molecule has 0 radical (unpaired) electrons. The van der Waals surface area contributed by atoms with E-state index in [0.717, 1.165) is 0 Å². The highest BCUT2D eigenvalue weighted by atomic mass is 28.4. The van der Waals surface area contributed by atoms with Crippen molar-refractivity contribution in [3.8, 4) is 11.5 Å². The van der Waals surface area contributed by atoms with E-state index in [0.29, 0.717) is 6.61 Å². The van der Waals surface area contributed by atoms with Gasteiger partial charge in [0, 0.05) is 0 Å². The second-order valence-corrected chi connectivity index (χ2v) is 19.2. The van der Waals surface area contributed by atoms with Gasteiger partial charge in [0.25, 0.3) is 8.32 Å². The fourth-order valence-electron chi connectivity index (χ4n) is 3.84. The minimum absolute atomic E-state index is 0.0228. The first-order chi connectivity index (χ1) is 13.5. The minimum Gasteiger partial charge on any atom is -0.405 e. The predicted octanol–water partition coefficient (Wildman–Crippen LogP) is 4.60. The number of epoxide rings is 1. The van der Waals surface area contributed by atoms with Gasteiger partial charge in [0.2, 0.25) is 0 Å². The van der Waals surface area contributed by atoms with Crippen LogP contribution in [0.15, 0.2) is 60.7 Å². The van der Waals surface area contributed by atoms with Gasteiger partial charge in [-0.15, -0.1) is 5.54 Å². The van der Waals surface area contributed by atoms with E-state index in [-0.39, 0.29) is 16.7 Å². The van der Waals surface area contributed by atoms with Gasteiger partial charge in [-0.3, -0.25) is 0 Å².